The Balaban J connectivity index is 1.56. The molecule has 0 saturated heterocycles. The molecule has 0 spiro atoms. The Hall–Kier alpha value is -3.92. The van der Waals surface area contributed by atoms with Crippen molar-refractivity contribution in [2.45, 2.75) is 46.7 Å². The van der Waals surface area contributed by atoms with E-state index in [2.05, 4.69) is 15.2 Å². The third-order valence-electron chi connectivity index (χ3n) is 6.34. The van der Waals surface area contributed by atoms with Gasteiger partial charge in [0.25, 0.3) is 11.5 Å². The van der Waals surface area contributed by atoms with Crippen molar-refractivity contribution in [3.8, 4) is 5.95 Å². The fourth-order valence-corrected chi connectivity index (χ4v) is 5.08. The Morgan fingerprint density at radius 2 is 1.89 bits per heavy atom. The van der Waals surface area contributed by atoms with Crippen molar-refractivity contribution < 1.29 is 9.18 Å². The fourth-order valence-electron chi connectivity index (χ4n) is 4.36. The number of aromatic nitrogens is 4. The van der Waals surface area contributed by atoms with Crippen LogP contribution in [0.1, 0.15) is 45.5 Å². The minimum atomic E-state index is -0.414. The summed E-state index contributed by atoms with van der Waals surface area (Å²) in [4.78, 5) is 32.6. The lowest BCUT2D eigenvalue weighted by atomic mass is 10.0. The van der Waals surface area contributed by atoms with Crippen LogP contribution in [0.3, 0.4) is 0 Å². The molecule has 0 fully saturated rings. The van der Waals surface area contributed by atoms with Crippen molar-refractivity contribution in [2.75, 3.05) is 0 Å². The summed E-state index contributed by atoms with van der Waals surface area (Å²) in [6.07, 6.45) is 0.488. The molecule has 4 heterocycles. The van der Waals surface area contributed by atoms with E-state index in [0.29, 0.717) is 17.7 Å². The zero-order valence-corrected chi connectivity index (χ0v) is 21.2. The van der Waals surface area contributed by atoms with E-state index in [-0.39, 0.29) is 29.8 Å². The molecule has 0 aliphatic carbocycles. The van der Waals surface area contributed by atoms with Crippen LogP contribution in [0.5, 0.6) is 0 Å². The largest absolute Gasteiger partial charge is 0.271 e. The molecular weight excluding hydrogens is 479 g/mol. The van der Waals surface area contributed by atoms with Gasteiger partial charge < -0.3 is 0 Å². The third-order valence-corrected chi connectivity index (χ3v) is 7.26. The van der Waals surface area contributed by atoms with Gasteiger partial charge >= 0.3 is 0 Å². The minimum absolute atomic E-state index is 0.264. The normalized spacial score (nSPS) is 15.4. The number of thiophene rings is 1. The fraction of sp³-hybridized carbons (Fsp3) is 0.269. The van der Waals surface area contributed by atoms with Crippen LogP contribution in [0.2, 0.25) is 0 Å². The molecule has 1 aliphatic heterocycles. The molecule has 184 valence electrons. The van der Waals surface area contributed by atoms with E-state index < -0.39 is 6.04 Å². The lowest BCUT2D eigenvalue weighted by Gasteiger charge is -2.23. The summed E-state index contributed by atoms with van der Waals surface area (Å²) < 4.78 is 16.5. The van der Waals surface area contributed by atoms with Crippen LogP contribution in [0.4, 0.5) is 4.39 Å². The number of amides is 1. The number of aryl methyl sites for hydroxylation is 3. The molecule has 10 heteroatoms. The molecule has 1 unspecified atom stereocenters. The van der Waals surface area contributed by atoms with Gasteiger partial charge in [-0.05, 0) is 62.9 Å². The topological polar surface area (TPSA) is 85.4 Å². The quantitative estimate of drug-likeness (QED) is 0.407. The van der Waals surface area contributed by atoms with Crippen LogP contribution in [0.25, 0.3) is 5.95 Å². The Morgan fingerprint density at radius 1 is 1.14 bits per heavy atom. The highest BCUT2D eigenvalue weighted by atomic mass is 32.1. The van der Waals surface area contributed by atoms with Gasteiger partial charge in [0.2, 0.25) is 5.95 Å². The molecule has 0 saturated carbocycles. The number of halogens is 1. The lowest BCUT2D eigenvalue weighted by molar-refractivity contribution is -0.133. The smallest absolute Gasteiger partial charge is 0.263 e. The molecule has 36 heavy (non-hydrogen) atoms. The van der Waals surface area contributed by atoms with Crippen LogP contribution in [-0.2, 0) is 11.3 Å². The van der Waals surface area contributed by atoms with Crippen LogP contribution in [0, 0.1) is 33.5 Å². The van der Waals surface area contributed by atoms with Gasteiger partial charge in [0.15, 0.2) is 0 Å². The molecular formula is C26H25FN6O2S. The molecule has 8 nitrogen and oxygen atoms in total. The van der Waals surface area contributed by atoms with Gasteiger partial charge in [0.05, 0.1) is 22.3 Å². The zero-order valence-electron chi connectivity index (χ0n) is 20.4. The van der Waals surface area contributed by atoms with Gasteiger partial charge in [-0.2, -0.15) is 10.2 Å². The summed E-state index contributed by atoms with van der Waals surface area (Å²) in [7, 11) is 0. The highest BCUT2D eigenvalue weighted by molar-refractivity contribution is 7.12. The number of carbonyl (C=O) groups is 1. The van der Waals surface area contributed by atoms with Crippen LogP contribution < -0.4 is 5.56 Å². The maximum absolute atomic E-state index is 13.7. The van der Waals surface area contributed by atoms with Gasteiger partial charge in [0.1, 0.15) is 12.4 Å². The van der Waals surface area contributed by atoms with E-state index in [1.54, 1.807) is 42.0 Å². The second-order valence-electron chi connectivity index (χ2n) is 8.89. The number of carbonyl (C=O) groups excluding carboxylic acids is 1. The number of rotatable bonds is 5. The second kappa shape index (κ2) is 9.27. The van der Waals surface area contributed by atoms with Crippen molar-refractivity contribution >= 4 is 23.0 Å². The summed E-state index contributed by atoms with van der Waals surface area (Å²) in [6.45, 7) is 6.92. The van der Waals surface area contributed by atoms with Crippen LogP contribution in [0.15, 0.2) is 57.7 Å². The van der Waals surface area contributed by atoms with Crippen LogP contribution >= 0.6 is 11.3 Å². The maximum Gasteiger partial charge on any atom is 0.263 e. The summed E-state index contributed by atoms with van der Waals surface area (Å²) >= 11 is 1.54. The average molecular weight is 505 g/mol. The first kappa shape index (κ1) is 23.8. The summed E-state index contributed by atoms with van der Waals surface area (Å²) in [5.74, 6) is -0.441. The Morgan fingerprint density at radius 3 is 2.53 bits per heavy atom. The predicted molar refractivity (Wildman–Crippen MR) is 136 cm³/mol. The molecule has 1 atom stereocenters. The number of benzene rings is 1. The zero-order chi connectivity index (χ0) is 25.6. The molecule has 4 aromatic rings. The molecule has 0 N–H and O–H groups in total. The number of hydrogen-bond acceptors (Lipinski definition) is 6. The molecule has 0 bridgehead atoms. The molecule has 1 aliphatic rings. The van der Waals surface area contributed by atoms with E-state index in [0.717, 1.165) is 27.5 Å². The van der Waals surface area contributed by atoms with E-state index in [9.17, 15) is 14.0 Å². The number of hydrogen-bond donors (Lipinski definition) is 0. The number of nitrogens with zero attached hydrogens (tertiary/aromatic N) is 6. The average Bonchev–Trinajstić information content (AvgIpc) is 3.59. The lowest BCUT2D eigenvalue weighted by Crippen LogP contribution is -2.37. The third kappa shape index (κ3) is 4.28. The van der Waals surface area contributed by atoms with Gasteiger partial charge in [-0.1, -0.05) is 18.2 Å². The van der Waals surface area contributed by atoms with Crippen molar-refractivity contribution in [2.24, 2.45) is 5.10 Å². The van der Waals surface area contributed by atoms with Crippen molar-refractivity contribution in [3.63, 3.8) is 0 Å². The van der Waals surface area contributed by atoms with E-state index in [1.165, 1.54) is 21.7 Å². The highest BCUT2D eigenvalue weighted by Gasteiger charge is 2.34. The molecule has 0 radical (unpaired) electrons. The van der Waals surface area contributed by atoms with E-state index >= 15 is 0 Å². The summed E-state index contributed by atoms with van der Waals surface area (Å²) in [6, 6.07) is 11.4. The second-order valence-corrected chi connectivity index (χ2v) is 9.83. The molecule has 5 rings (SSSR count). The Bertz CT molecular complexity index is 1540. The highest BCUT2D eigenvalue weighted by Crippen LogP contribution is 2.34. The SMILES string of the molecule is Cc1cc(C)n(-c2nc(C)c(C)c(=O)n2CC(=O)N2N=C(c3cccs3)CC2c2ccc(F)cc2)n1. The van der Waals surface area contributed by atoms with Crippen LogP contribution in [-0.4, -0.2) is 36.0 Å². The van der Waals surface area contributed by atoms with Crippen molar-refractivity contribution in [3.05, 3.63) is 97.1 Å². The van der Waals surface area contributed by atoms with E-state index in [1.807, 2.05) is 37.4 Å². The molecule has 1 amide bonds. The standard InChI is InChI=1S/C26H25FN6O2S/c1-15-12-16(2)32(29-15)26-28-18(4)17(3)25(35)31(26)14-24(34)33-22(19-7-9-20(27)10-8-19)13-21(30-33)23-6-5-11-36-23/h5-12,22H,13-14H2,1-4H3. The first-order valence-corrected chi connectivity index (χ1v) is 12.4. The molecule has 1 aromatic carbocycles. The van der Waals surface area contributed by atoms with Crippen molar-refractivity contribution in [1.29, 1.82) is 0 Å². The number of hydrazone groups is 1. The monoisotopic (exact) mass is 504 g/mol. The van der Waals surface area contributed by atoms with Crippen molar-refractivity contribution in [1.82, 2.24) is 24.3 Å². The summed E-state index contributed by atoms with van der Waals surface area (Å²) in [5.41, 5.74) is 3.85. The van der Waals surface area contributed by atoms with Gasteiger partial charge in [-0.3, -0.25) is 14.2 Å². The van der Waals surface area contributed by atoms with Gasteiger partial charge in [-0.15, -0.1) is 11.3 Å². The Labute approximate surface area is 211 Å². The molecule has 3 aromatic heterocycles. The van der Waals surface area contributed by atoms with E-state index in [4.69, 9.17) is 0 Å². The Kier molecular flexibility index (Phi) is 6.13. The maximum atomic E-state index is 13.7. The minimum Gasteiger partial charge on any atom is -0.271 e. The summed E-state index contributed by atoms with van der Waals surface area (Å²) in [5, 5.41) is 12.5. The first-order valence-electron chi connectivity index (χ1n) is 11.5. The van der Waals surface area contributed by atoms with Gasteiger partial charge in [0, 0.05) is 23.4 Å². The predicted octanol–water partition coefficient (Wildman–Crippen LogP) is 4.24. The van der Waals surface area contributed by atoms with Gasteiger partial charge in [-0.25, -0.2) is 19.1 Å². The first-order chi connectivity index (χ1) is 17.2.